The van der Waals surface area contributed by atoms with Crippen LogP contribution in [0, 0.1) is 0 Å². The lowest BCUT2D eigenvalue weighted by Crippen LogP contribution is -2.52. The highest BCUT2D eigenvalue weighted by Crippen LogP contribution is 2.37. The molecule has 3 amide bonds. The van der Waals surface area contributed by atoms with Gasteiger partial charge in [0.25, 0.3) is 5.91 Å². The molecule has 3 heterocycles. The molecular formula is C44H48N4O4S. The van der Waals surface area contributed by atoms with E-state index in [1.54, 1.807) is 11.0 Å². The van der Waals surface area contributed by atoms with E-state index in [0.29, 0.717) is 24.9 Å². The first-order valence-corrected chi connectivity index (χ1v) is 20.0. The summed E-state index contributed by atoms with van der Waals surface area (Å²) in [6, 6.07) is 25.0. The predicted octanol–water partition coefficient (Wildman–Crippen LogP) is 7.31. The Morgan fingerprint density at radius 3 is 2.36 bits per heavy atom. The number of fused-ring (bicyclic) bond motifs is 1. The molecule has 3 aromatic carbocycles. The molecule has 0 bridgehead atoms. The summed E-state index contributed by atoms with van der Waals surface area (Å²) < 4.78 is 0. The highest BCUT2D eigenvalue weighted by Gasteiger charge is 2.39. The second-order valence-corrected chi connectivity index (χ2v) is 15.4. The van der Waals surface area contributed by atoms with E-state index < -0.39 is 6.04 Å². The summed E-state index contributed by atoms with van der Waals surface area (Å²) >= 11 is 1.92. The number of hydrogen-bond acceptors (Lipinski definition) is 7. The Hall–Kier alpha value is -4.73. The molecule has 0 saturated carbocycles. The molecule has 4 aliphatic rings. The van der Waals surface area contributed by atoms with Crippen LogP contribution in [0.3, 0.4) is 0 Å². The van der Waals surface area contributed by atoms with Crippen molar-refractivity contribution in [2.45, 2.75) is 69.4 Å². The highest BCUT2D eigenvalue weighted by molar-refractivity contribution is 7.99. The van der Waals surface area contributed by atoms with Gasteiger partial charge in [-0.15, -0.1) is 11.8 Å². The molecule has 7 rings (SSSR count). The molecule has 8 nitrogen and oxygen atoms in total. The first-order chi connectivity index (χ1) is 25.9. The average Bonchev–Trinajstić information content (AvgIpc) is 3.51. The maximum Gasteiger partial charge on any atom is 0.255 e. The Morgan fingerprint density at radius 2 is 1.64 bits per heavy atom. The SMILES string of the molecule is CC/C(=C(\C1=CCC(=O)C=C1)c1ccc(SCCCCCN2CCN(c3ccc4c(c3)CN(C3CCC(=O)NC3=O)C4=O)CC2)cc1)c1ccccc1. The van der Waals surface area contributed by atoms with Crippen molar-refractivity contribution >= 4 is 52.1 Å². The molecule has 9 heteroatoms. The van der Waals surface area contributed by atoms with Gasteiger partial charge in [-0.2, -0.15) is 0 Å². The number of amides is 3. The van der Waals surface area contributed by atoms with Crippen molar-refractivity contribution in [3.8, 4) is 0 Å². The minimum Gasteiger partial charge on any atom is -0.369 e. The molecule has 2 saturated heterocycles. The van der Waals surface area contributed by atoms with Crippen LogP contribution in [0.4, 0.5) is 5.69 Å². The number of nitrogens with one attached hydrogen (secondary N) is 1. The third kappa shape index (κ3) is 8.58. The van der Waals surface area contributed by atoms with Crippen LogP contribution in [0.1, 0.15) is 78.9 Å². The van der Waals surface area contributed by atoms with Gasteiger partial charge in [0.2, 0.25) is 11.8 Å². The van der Waals surface area contributed by atoms with Crippen molar-refractivity contribution in [2.75, 3.05) is 43.4 Å². The van der Waals surface area contributed by atoms with Crippen LogP contribution in [0.2, 0.25) is 0 Å². The van der Waals surface area contributed by atoms with Gasteiger partial charge in [0.1, 0.15) is 6.04 Å². The number of piperidine rings is 1. The van der Waals surface area contributed by atoms with Crippen molar-refractivity contribution in [1.82, 2.24) is 15.1 Å². The van der Waals surface area contributed by atoms with Crippen LogP contribution >= 0.6 is 11.8 Å². The van der Waals surface area contributed by atoms with Crippen molar-refractivity contribution in [3.63, 3.8) is 0 Å². The number of benzene rings is 3. The van der Waals surface area contributed by atoms with E-state index in [1.165, 1.54) is 46.4 Å². The highest BCUT2D eigenvalue weighted by atomic mass is 32.2. The smallest absolute Gasteiger partial charge is 0.255 e. The van der Waals surface area contributed by atoms with Crippen LogP contribution in [0.15, 0.2) is 101 Å². The molecule has 3 aliphatic heterocycles. The van der Waals surface area contributed by atoms with Gasteiger partial charge < -0.3 is 9.80 Å². The van der Waals surface area contributed by atoms with E-state index in [-0.39, 0.29) is 29.9 Å². The number of imide groups is 1. The lowest BCUT2D eigenvalue weighted by Gasteiger charge is -2.36. The van der Waals surface area contributed by atoms with E-state index in [1.807, 2.05) is 36.0 Å². The molecule has 0 radical (unpaired) electrons. The number of thioether (sulfide) groups is 1. The Bertz CT molecular complexity index is 1940. The Kier molecular flexibility index (Phi) is 11.7. The van der Waals surface area contributed by atoms with Crippen LogP contribution in [-0.2, 0) is 20.9 Å². The van der Waals surface area contributed by atoms with E-state index in [0.717, 1.165) is 61.7 Å². The molecule has 274 valence electrons. The zero-order chi connectivity index (χ0) is 36.7. The van der Waals surface area contributed by atoms with E-state index in [2.05, 4.69) is 82.7 Å². The molecular weight excluding hydrogens is 681 g/mol. The van der Waals surface area contributed by atoms with Crippen LogP contribution in [0.25, 0.3) is 11.1 Å². The number of piperazine rings is 1. The summed E-state index contributed by atoms with van der Waals surface area (Å²) in [5.74, 6) is 0.475. The van der Waals surface area contributed by atoms with Gasteiger partial charge in [-0.05, 0) is 108 Å². The van der Waals surface area contributed by atoms with E-state index >= 15 is 0 Å². The number of unbranched alkanes of at least 4 members (excludes halogenated alkanes) is 2. The number of hydrogen-bond donors (Lipinski definition) is 1. The monoisotopic (exact) mass is 728 g/mol. The number of nitrogens with zero attached hydrogens (tertiary/aromatic N) is 3. The summed E-state index contributed by atoms with van der Waals surface area (Å²) in [7, 11) is 0. The third-order valence-electron chi connectivity index (χ3n) is 10.8. The minimum atomic E-state index is -0.585. The van der Waals surface area contributed by atoms with E-state index in [4.69, 9.17) is 0 Å². The van der Waals surface area contributed by atoms with Crippen molar-refractivity contribution in [2.24, 2.45) is 0 Å². The van der Waals surface area contributed by atoms with Gasteiger partial charge in [-0.1, -0.05) is 68.0 Å². The predicted molar refractivity (Wildman–Crippen MR) is 213 cm³/mol. The fourth-order valence-corrected chi connectivity index (χ4v) is 8.82. The molecule has 53 heavy (non-hydrogen) atoms. The number of ketones is 1. The van der Waals surface area contributed by atoms with Gasteiger partial charge >= 0.3 is 0 Å². The van der Waals surface area contributed by atoms with Crippen molar-refractivity contribution in [3.05, 3.63) is 119 Å². The van der Waals surface area contributed by atoms with Gasteiger partial charge in [0.05, 0.1) is 0 Å². The molecule has 1 unspecified atom stereocenters. The Morgan fingerprint density at radius 1 is 0.849 bits per heavy atom. The lowest BCUT2D eigenvalue weighted by atomic mass is 9.86. The maximum atomic E-state index is 13.1. The number of rotatable bonds is 13. The van der Waals surface area contributed by atoms with Gasteiger partial charge in [0.15, 0.2) is 5.78 Å². The molecule has 1 aliphatic carbocycles. The summed E-state index contributed by atoms with van der Waals surface area (Å²) in [5.41, 5.74) is 8.76. The fourth-order valence-electron chi connectivity index (χ4n) is 7.90. The van der Waals surface area contributed by atoms with Crippen molar-refractivity contribution < 1.29 is 19.2 Å². The largest absolute Gasteiger partial charge is 0.369 e. The number of carbonyl (C=O) groups is 4. The molecule has 2 fully saturated rings. The fraction of sp³-hybridized carbons (Fsp3) is 0.364. The van der Waals surface area contributed by atoms with Gasteiger partial charge in [-0.25, -0.2) is 0 Å². The number of allylic oxidation sites excluding steroid dienone is 6. The number of carbonyl (C=O) groups excluding carboxylic acids is 4. The standard InChI is InChI=1S/C44H48N4O4S/c1-2-38(31-9-5-3-6-10-31)42(32-11-16-36(49)17-12-32)33-13-18-37(19-14-33)53-28-8-4-7-23-46-24-26-47(27-25-46)35-15-20-39-34(29-35)30-48(44(39)52)40-21-22-41(50)45-43(40)51/h3,5-6,9-16,18-20,29,40H,2,4,7-8,17,21-28,30H2,1H3,(H,45,50,51)/b42-38-. The minimum absolute atomic E-state index is 0.125. The van der Waals surface area contributed by atoms with E-state index in [9.17, 15) is 19.2 Å². The zero-order valence-electron chi connectivity index (χ0n) is 30.5. The summed E-state index contributed by atoms with van der Waals surface area (Å²) in [6.45, 7) is 7.65. The normalized spacial score (nSPS) is 19.6. The van der Waals surface area contributed by atoms with Gasteiger partial charge in [0, 0.05) is 61.7 Å². The van der Waals surface area contributed by atoms with Crippen molar-refractivity contribution in [1.29, 1.82) is 0 Å². The van der Waals surface area contributed by atoms with Crippen LogP contribution in [0.5, 0.6) is 0 Å². The topological polar surface area (TPSA) is 90.0 Å². The van der Waals surface area contributed by atoms with Crippen LogP contribution in [-0.4, -0.2) is 77.8 Å². The zero-order valence-corrected chi connectivity index (χ0v) is 31.3. The second kappa shape index (κ2) is 16.9. The molecule has 0 aromatic heterocycles. The Labute approximate surface area is 317 Å². The van der Waals surface area contributed by atoms with Crippen LogP contribution < -0.4 is 10.2 Å². The molecule has 0 spiro atoms. The lowest BCUT2D eigenvalue weighted by molar-refractivity contribution is -0.137. The first kappa shape index (κ1) is 36.6. The second-order valence-electron chi connectivity index (χ2n) is 14.2. The third-order valence-corrected chi connectivity index (χ3v) is 11.9. The van der Waals surface area contributed by atoms with Gasteiger partial charge in [-0.3, -0.25) is 29.4 Å². The molecule has 1 N–H and O–H groups in total. The molecule has 3 aromatic rings. The number of anilines is 1. The summed E-state index contributed by atoms with van der Waals surface area (Å²) in [4.78, 5) is 56.9. The quantitative estimate of drug-likeness (QED) is 0.0855. The maximum absolute atomic E-state index is 13.1. The summed E-state index contributed by atoms with van der Waals surface area (Å²) in [6.07, 6.45) is 11.3. The first-order valence-electron chi connectivity index (χ1n) is 19.1. The molecule has 1 atom stereocenters. The average molecular weight is 729 g/mol. The summed E-state index contributed by atoms with van der Waals surface area (Å²) in [5, 5.41) is 2.38. The Balaban J connectivity index is 0.850.